The highest BCUT2D eigenvalue weighted by Crippen LogP contribution is 2.54. The van der Waals surface area contributed by atoms with Gasteiger partial charge in [-0.05, 0) is 52.8 Å². The van der Waals surface area contributed by atoms with Gasteiger partial charge >= 0.3 is 0 Å². The number of anilines is 1. The van der Waals surface area contributed by atoms with E-state index >= 15 is 0 Å². The quantitative estimate of drug-likeness (QED) is 0.701. The van der Waals surface area contributed by atoms with Gasteiger partial charge in [0.2, 0.25) is 0 Å². The standard InChI is InChI=1S/C23H21NO/c1-25-17-11-12-21-19(14-17)22-18-10-6-5-9-16(18)13-20(22)23(24-21)15-7-3-2-4-8-15/h2-12,14,20,22-24H,13H2,1H3/t20-,22-,23-/m0/s1. The van der Waals surface area contributed by atoms with Crippen LogP contribution in [0.2, 0.25) is 0 Å². The van der Waals surface area contributed by atoms with Crippen LogP contribution in [-0.4, -0.2) is 7.11 Å². The van der Waals surface area contributed by atoms with E-state index in [1.807, 2.05) is 0 Å². The lowest BCUT2D eigenvalue weighted by Crippen LogP contribution is -2.30. The molecule has 0 bridgehead atoms. The van der Waals surface area contributed by atoms with Crippen LogP contribution in [0.5, 0.6) is 5.75 Å². The maximum Gasteiger partial charge on any atom is 0.119 e. The number of benzene rings is 3. The van der Waals surface area contributed by atoms with Crippen molar-refractivity contribution in [2.75, 3.05) is 12.4 Å². The number of nitrogens with one attached hydrogen (secondary N) is 1. The number of rotatable bonds is 2. The van der Waals surface area contributed by atoms with Crippen molar-refractivity contribution in [3.05, 3.63) is 95.1 Å². The SMILES string of the molecule is COc1ccc2c(c1)[C@@H]1c3ccccc3C[C@@H]1[C@H](c1ccccc1)N2. The molecule has 0 saturated carbocycles. The van der Waals surface area contributed by atoms with Crippen LogP contribution < -0.4 is 10.1 Å². The van der Waals surface area contributed by atoms with Crippen molar-refractivity contribution in [2.45, 2.75) is 18.4 Å². The van der Waals surface area contributed by atoms with Crippen molar-refractivity contribution in [2.24, 2.45) is 5.92 Å². The van der Waals surface area contributed by atoms with Gasteiger partial charge in [0.15, 0.2) is 0 Å². The highest BCUT2D eigenvalue weighted by molar-refractivity contribution is 5.64. The molecule has 0 radical (unpaired) electrons. The Kier molecular flexibility index (Phi) is 3.30. The first-order chi connectivity index (χ1) is 12.3. The van der Waals surface area contributed by atoms with Crippen molar-refractivity contribution in [1.29, 1.82) is 0 Å². The summed E-state index contributed by atoms with van der Waals surface area (Å²) in [6.45, 7) is 0. The van der Waals surface area contributed by atoms with E-state index in [4.69, 9.17) is 4.74 Å². The van der Waals surface area contributed by atoms with Crippen molar-refractivity contribution < 1.29 is 4.74 Å². The molecule has 0 spiro atoms. The number of hydrogen-bond donors (Lipinski definition) is 1. The average Bonchev–Trinajstić information content (AvgIpc) is 3.07. The highest BCUT2D eigenvalue weighted by atomic mass is 16.5. The van der Waals surface area contributed by atoms with Crippen LogP contribution in [0.3, 0.4) is 0 Å². The van der Waals surface area contributed by atoms with E-state index < -0.39 is 0 Å². The third-order valence-electron chi connectivity index (χ3n) is 5.77. The maximum absolute atomic E-state index is 5.50. The molecule has 0 fully saturated rings. The summed E-state index contributed by atoms with van der Waals surface area (Å²) in [6.07, 6.45) is 1.12. The van der Waals surface area contributed by atoms with Gasteiger partial charge < -0.3 is 10.1 Å². The lowest BCUT2D eigenvalue weighted by Gasteiger charge is -2.38. The van der Waals surface area contributed by atoms with Gasteiger partial charge in [0.05, 0.1) is 13.2 Å². The van der Waals surface area contributed by atoms with Gasteiger partial charge in [-0.2, -0.15) is 0 Å². The molecule has 3 aromatic rings. The van der Waals surface area contributed by atoms with E-state index in [2.05, 4.69) is 78.1 Å². The van der Waals surface area contributed by atoms with Crippen molar-refractivity contribution in [1.82, 2.24) is 0 Å². The molecule has 3 atom stereocenters. The van der Waals surface area contributed by atoms with E-state index in [0.29, 0.717) is 17.9 Å². The van der Waals surface area contributed by atoms with Crippen LogP contribution in [0.15, 0.2) is 72.8 Å². The predicted octanol–water partition coefficient (Wildman–Crippen LogP) is 5.17. The van der Waals surface area contributed by atoms with Gasteiger partial charge in [0.1, 0.15) is 5.75 Å². The second kappa shape index (κ2) is 5.66. The normalized spacial score (nSPS) is 23.2. The molecule has 1 N–H and O–H groups in total. The fourth-order valence-corrected chi connectivity index (χ4v) is 4.66. The summed E-state index contributed by atoms with van der Waals surface area (Å²) in [5.74, 6) is 1.88. The Hall–Kier alpha value is -2.74. The molecule has 25 heavy (non-hydrogen) atoms. The smallest absolute Gasteiger partial charge is 0.119 e. The Morgan fingerprint density at radius 2 is 1.68 bits per heavy atom. The van der Waals surface area contributed by atoms with E-state index in [9.17, 15) is 0 Å². The summed E-state index contributed by atoms with van der Waals surface area (Å²) in [4.78, 5) is 0. The molecular weight excluding hydrogens is 306 g/mol. The van der Waals surface area contributed by atoms with E-state index in [1.54, 1.807) is 7.11 Å². The van der Waals surface area contributed by atoms with Crippen molar-refractivity contribution >= 4 is 5.69 Å². The van der Waals surface area contributed by atoms with Crippen LogP contribution in [-0.2, 0) is 6.42 Å². The fourth-order valence-electron chi connectivity index (χ4n) is 4.66. The minimum atomic E-state index is 0.333. The minimum absolute atomic E-state index is 0.333. The summed E-state index contributed by atoms with van der Waals surface area (Å²) < 4.78 is 5.50. The predicted molar refractivity (Wildman–Crippen MR) is 101 cm³/mol. The van der Waals surface area contributed by atoms with E-state index in [0.717, 1.165) is 12.2 Å². The minimum Gasteiger partial charge on any atom is -0.497 e. The van der Waals surface area contributed by atoms with E-state index in [1.165, 1.54) is 27.9 Å². The fraction of sp³-hybridized carbons (Fsp3) is 0.217. The zero-order valence-electron chi connectivity index (χ0n) is 14.3. The first kappa shape index (κ1) is 14.6. The van der Waals surface area contributed by atoms with Gasteiger partial charge in [-0.1, -0.05) is 54.6 Å². The second-order valence-corrected chi connectivity index (χ2v) is 7.03. The van der Waals surface area contributed by atoms with Crippen LogP contribution in [0.4, 0.5) is 5.69 Å². The van der Waals surface area contributed by atoms with E-state index in [-0.39, 0.29) is 0 Å². The molecule has 0 amide bonds. The van der Waals surface area contributed by atoms with Gasteiger partial charge in [-0.25, -0.2) is 0 Å². The number of hydrogen-bond acceptors (Lipinski definition) is 2. The average molecular weight is 327 g/mol. The molecule has 5 rings (SSSR count). The largest absolute Gasteiger partial charge is 0.497 e. The van der Waals surface area contributed by atoms with Crippen LogP contribution in [0.25, 0.3) is 0 Å². The second-order valence-electron chi connectivity index (χ2n) is 7.03. The molecule has 2 nitrogen and oxygen atoms in total. The molecule has 1 aliphatic heterocycles. The Labute approximate surface area is 148 Å². The molecule has 1 aliphatic carbocycles. The lowest BCUT2D eigenvalue weighted by atomic mass is 9.75. The third kappa shape index (κ3) is 2.25. The van der Waals surface area contributed by atoms with Crippen LogP contribution >= 0.6 is 0 Å². The summed E-state index contributed by atoms with van der Waals surface area (Å²) in [7, 11) is 1.74. The van der Waals surface area contributed by atoms with Crippen molar-refractivity contribution in [3.63, 3.8) is 0 Å². The van der Waals surface area contributed by atoms with Crippen molar-refractivity contribution in [3.8, 4) is 5.75 Å². The molecule has 3 aromatic carbocycles. The van der Waals surface area contributed by atoms with Gasteiger partial charge in [-0.15, -0.1) is 0 Å². The molecule has 124 valence electrons. The lowest BCUT2D eigenvalue weighted by molar-refractivity contribution is 0.404. The first-order valence-electron chi connectivity index (χ1n) is 8.92. The number of fused-ring (bicyclic) bond motifs is 5. The molecule has 1 heterocycles. The van der Waals surface area contributed by atoms with Crippen LogP contribution in [0, 0.1) is 5.92 Å². The zero-order chi connectivity index (χ0) is 16.8. The number of methoxy groups -OCH3 is 1. The van der Waals surface area contributed by atoms with Gasteiger partial charge in [0, 0.05) is 11.6 Å². The monoisotopic (exact) mass is 327 g/mol. The molecule has 0 aromatic heterocycles. The summed E-state index contributed by atoms with van der Waals surface area (Å²) >= 11 is 0. The summed E-state index contributed by atoms with van der Waals surface area (Å²) in [5, 5.41) is 3.82. The summed E-state index contributed by atoms with van der Waals surface area (Å²) in [5.41, 5.74) is 6.92. The Balaban J connectivity index is 1.69. The molecule has 0 unspecified atom stereocenters. The zero-order valence-corrected chi connectivity index (χ0v) is 14.3. The molecule has 0 saturated heterocycles. The Morgan fingerprint density at radius 1 is 0.880 bits per heavy atom. The highest BCUT2D eigenvalue weighted by Gasteiger charge is 2.43. The van der Waals surface area contributed by atoms with Gasteiger partial charge in [-0.3, -0.25) is 0 Å². The number of ether oxygens (including phenoxy) is 1. The first-order valence-corrected chi connectivity index (χ1v) is 8.92. The Bertz CT molecular complexity index is 918. The maximum atomic E-state index is 5.50. The molecule has 2 aliphatic rings. The third-order valence-corrected chi connectivity index (χ3v) is 5.77. The summed E-state index contributed by atoms with van der Waals surface area (Å²) in [6, 6.07) is 26.5. The van der Waals surface area contributed by atoms with Gasteiger partial charge in [0.25, 0.3) is 0 Å². The topological polar surface area (TPSA) is 21.3 Å². The van der Waals surface area contributed by atoms with Crippen LogP contribution in [0.1, 0.15) is 34.2 Å². The Morgan fingerprint density at radius 3 is 2.52 bits per heavy atom. The molecule has 2 heteroatoms. The molecular formula is C23H21NO.